The van der Waals surface area contributed by atoms with Gasteiger partial charge in [0.15, 0.2) is 11.5 Å². The number of halogens is 1. The third-order valence-electron chi connectivity index (χ3n) is 4.17. The fourth-order valence-electron chi connectivity index (χ4n) is 2.65. The first-order chi connectivity index (χ1) is 15.0. The van der Waals surface area contributed by atoms with E-state index < -0.39 is 5.97 Å². The molecule has 0 bridgehead atoms. The molecule has 0 fully saturated rings. The third-order valence-corrected chi connectivity index (χ3v) is 4.76. The molecule has 0 spiro atoms. The fraction of sp³-hybridized carbons (Fsp3) is 0.0833. The van der Waals surface area contributed by atoms with Crippen LogP contribution < -0.4 is 14.2 Å². The van der Waals surface area contributed by atoms with Crippen molar-refractivity contribution in [3.63, 3.8) is 0 Å². The quantitative estimate of drug-likeness (QED) is 0.207. The summed E-state index contributed by atoms with van der Waals surface area (Å²) in [7, 11) is 3.08. The van der Waals surface area contributed by atoms with Gasteiger partial charge in [-0.25, -0.2) is 4.79 Å². The average molecular weight is 482 g/mol. The maximum absolute atomic E-state index is 12.3. The zero-order valence-electron chi connectivity index (χ0n) is 16.9. The standard InChI is InChI=1S/C24H20BrNO5/c1-29-20-5-3-4-16(12-20)6-11-23(28)31-24-21(25)13-17(14-22(24)30-2)15-26-18-7-9-19(27)10-8-18/h3-15,27H,1-2H3/b11-6+,26-15+. The van der Waals surface area contributed by atoms with Crippen LogP contribution in [-0.2, 0) is 4.79 Å². The molecule has 31 heavy (non-hydrogen) atoms. The SMILES string of the molecule is COc1cccc(/C=C/C(=O)Oc2c(Br)cc(/C=N/c3ccc(O)cc3)cc2OC)c1. The molecule has 7 heteroatoms. The lowest BCUT2D eigenvalue weighted by molar-refractivity contribution is -0.129. The van der Waals surface area contributed by atoms with Gasteiger partial charge < -0.3 is 19.3 Å². The highest BCUT2D eigenvalue weighted by Gasteiger charge is 2.14. The van der Waals surface area contributed by atoms with Crippen molar-refractivity contribution in [2.24, 2.45) is 4.99 Å². The summed E-state index contributed by atoms with van der Waals surface area (Å²) in [5, 5.41) is 9.35. The molecule has 0 atom stereocenters. The van der Waals surface area contributed by atoms with Gasteiger partial charge in [-0.15, -0.1) is 0 Å². The van der Waals surface area contributed by atoms with E-state index in [4.69, 9.17) is 14.2 Å². The Labute approximate surface area is 188 Å². The van der Waals surface area contributed by atoms with Crippen molar-refractivity contribution in [2.75, 3.05) is 14.2 Å². The van der Waals surface area contributed by atoms with Gasteiger partial charge in [0.25, 0.3) is 0 Å². The second-order valence-electron chi connectivity index (χ2n) is 6.34. The molecule has 0 aromatic heterocycles. The number of benzene rings is 3. The first kappa shape index (κ1) is 22.1. The maximum Gasteiger partial charge on any atom is 0.336 e. The minimum absolute atomic E-state index is 0.176. The van der Waals surface area contributed by atoms with Crippen molar-refractivity contribution in [3.05, 3.63) is 82.3 Å². The van der Waals surface area contributed by atoms with Crippen LogP contribution in [-0.4, -0.2) is 31.5 Å². The normalized spacial score (nSPS) is 11.1. The molecule has 0 unspecified atom stereocenters. The van der Waals surface area contributed by atoms with Crippen LogP contribution in [0.25, 0.3) is 6.08 Å². The highest BCUT2D eigenvalue weighted by Crippen LogP contribution is 2.36. The van der Waals surface area contributed by atoms with Crippen molar-refractivity contribution in [1.29, 1.82) is 0 Å². The number of phenolic OH excluding ortho intramolecular Hbond substituents is 1. The fourth-order valence-corrected chi connectivity index (χ4v) is 3.19. The summed E-state index contributed by atoms with van der Waals surface area (Å²) in [5.41, 5.74) is 2.23. The number of ether oxygens (including phenoxy) is 3. The summed E-state index contributed by atoms with van der Waals surface area (Å²) in [4.78, 5) is 16.7. The van der Waals surface area contributed by atoms with E-state index in [2.05, 4.69) is 20.9 Å². The van der Waals surface area contributed by atoms with Crippen LogP contribution in [0, 0.1) is 0 Å². The largest absolute Gasteiger partial charge is 0.508 e. The third kappa shape index (κ3) is 6.20. The molecule has 0 amide bonds. The lowest BCUT2D eigenvalue weighted by Gasteiger charge is -2.11. The van der Waals surface area contributed by atoms with Gasteiger partial charge in [-0.2, -0.15) is 0 Å². The Morgan fingerprint density at radius 1 is 1.00 bits per heavy atom. The Hall–Kier alpha value is -3.58. The number of carbonyl (C=O) groups is 1. The number of hydrogen-bond acceptors (Lipinski definition) is 6. The summed E-state index contributed by atoms with van der Waals surface area (Å²) < 4.78 is 16.6. The number of aromatic hydroxyl groups is 1. The summed E-state index contributed by atoms with van der Waals surface area (Å²) in [5.74, 6) is 0.973. The van der Waals surface area contributed by atoms with Crippen molar-refractivity contribution in [1.82, 2.24) is 0 Å². The van der Waals surface area contributed by atoms with Crippen LogP contribution in [0.1, 0.15) is 11.1 Å². The molecule has 3 rings (SSSR count). The minimum atomic E-state index is -0.549. The molecular formula is C24H20BrNO5. The highest BCUT2D eigenvalue weighted by molar-refractivity contribution is 9.10. The Morgan fingerprint density at radius 3 is 2.48 bits per heavy atom. The molecule has 6 nitrogen and oxygen atoms in total. The van der Waals surface area contributed by atoms with Crippen molar-refractivity contribution >= 4 is 39.9 Å². The molecule has 0 heterocycles. The van der Waals surface area contributed by atoms with Crippen molar-refractivity contribution in [2.45, 2.75) is 0 Å². The van der Waals surface area contributed by atoms with Crippen LogP contribution in [0.2, 0.25) is 0 Å². The zero-order chi connectivity index (χ0) is 22.2. The molecule has 3 aromatic rings. The van der Waals surface area contributed by atoms with E-state index in [0.29, 0.717) is 21.7 Å². The highest BCUT2D eigenvalue weighted by atomic mass is 79.9. The molecule has 0 aliphatic carbocycles. The molecule has 0 saturated carbocycles. The monoisotopic (exact) mass is 481 g/mol. The Balaban J connectivity index is 1.75. The second kappa shape index (κ2) is 10.4. The van der Waals surface area contributed by atoms with Gasteiger partial charge in [-0.1, -0.05) is 12.1 Å². The van der Waals surface area contributed by atoms with Crippen LogP contribution in [0.5, 0.6) is 23.0 Å². The predicted octanol–water partition coefficient (Wildman–Crippen LogP) is 5.54. The molecule has 158 valence electrons. The van der Waals surface area contributed by atoms with E-state index >= 15 is 0 Å². The van der Waals surface area contributed by atoms with Crippen molar-refractivity contribution < 1.29 is 24.1 Å². The molecule has 0 aliphatic rings. The van der Waals surface area contributed by atoms with Gasteiger partial charge in [0.2, 0.25) is 0 Å². The number of carbonyl (C=O) groups excluding carboxylic acids is 1. The van der Waals surface area contributed by atoms with E-state index in [0.717, 1.165) is 11.1 Å². The molecule has 1 N–H and O–H groups in total. The molecule has 3 aromatic carbocycles. The lowest BCUT2D eigenvalue weighted by Crippen LogP contribution is -2.06. The summed E-state index contributed by atoms with van der Waals surface area (Å²) in [6.07, 6.45) is 4.62. The number of nitrogens with zero attached hydrogens (tertiary/aromatic N) is 1. The predicted molar refractivity (Wildman–Crippen MR) is 124 cm³/mol. The van der Waals surface area contributed by atoms with Gasteiger partial charge in [-0.05, 0) is 81.7 Å². The Bertz CT molecular complexity index is 1120. The number of rotatable bonds is 7. The molecule has 0 aliphatic heterocycles. The van der Waals surface area contributed by atoms with Crippen molar-refractivity contribution in [3.8, 4) is 23.0 Å². The van der Waals surface area contributed by atoms with Gasteiger partial charge in [-0.3, -0.25) is 4.99 Å². The van der Waals surface area contributed by atoms with E-state index in [1.54, 1.807) is 55.8 Å². The number of esters is 1. The van der Waals surface area contributed by atoms with Gasteiger partial charge >= 0.3 is 5.97 Å². The van der Waals surface area contributed by atoms with Crippen LogP contribution in [0.3, 0.4) is 0 Å². The Morgan fingerprint density at radius 2 is 1.77 bits per heavy atom. The molecule has 0 saturated heterocycles. The topological polar surface area (TPSA) is 77.4 Å². The lowest BCUT2D eigenvalue weighted by atomic mass is 10.2. The molecule has 0 radical (unpaired) electrons. The second-order valence-corrected chi connectivity index (χ2v) is 7.19. The summed E-state index contributed by atoms with van der Waals surface area (Å²) >= 11 is 3.43. The first-order valence-electron chi connectivity index (χ1n) is 9.23. The van der Waals surface area contributed by atoms with Gasteiger partial charge in [0, 0.05) is 12.3 Å². The van der Waals surface area contributed by atoms with Gasteiger partial charge in [0.05, 0.1) is 24.4 Å². The number of methoxy groups -OCH3 is 2. The van der Waals surface area contributed by atoms with Crippen LogP contribution in [0.15, 0.2) is 76.2 Å². The van der Waals surface area contributed by atoms with Gasteiger partial charge in [0.1, 0.15) is 11.5 Å². The minimum Gasteiger partial charge on any atom is -0.508 e. The van der Waals surface area contributed by atoms with E-state index in [-0.39, 0.29) is 11.5 Å². The number of phenols is 1. The van der Waals surface area contributed by atoms with E-state index in [1.165, 1.54) is 13.2 Å². The number of hydrogen-bond donors (Lipinski definition) is 1. The zero-order valence-corrected chi connectivity index (χ0v) is 18.5. The first-order valence-corrected chi connectivity index (χ1v) is 10.0. The summed E-state index contributed by atoms with van der Waals surface area (Å²) in [6, 6.07) is 17.3. The van der Waals surface area contributed by atoms with E-state index in [1.807, 2.05) is 24.3 Å². The number of aliphatic imine (C=N–C) groups is 1. The van der Waals surface area contributed by atoms with E-state index in [9.17, 15) is 9.90 Å². The van der Waals surface area contributed by atoms with Crippen LogP contribution in [0.4, 0.5) is 5.69 Å². The Kier molecular flexibility index (Phi) is 7.45. The average Bonchev–Trinajstić information content (AvgIpc) is 2.79. The smallest absolute Gasteiger partial charge is 0.336 e. The van der Waals surface area contributed by atoms with Crippen LogP contribution >= 0.6 is 15.9 Å². The maximum atomic E-state index is 12.3. The molecular weight excluding hydrogens is 462 g/mol. The summed E-state index contributed by atoms with van der Waals surface area (Å²) in [6.45, 7) is 0.